The molecule has 0 saturated carbocycles. The van der Waals surface area contributed by atoms with E-state index in [1.807, 2.05) is 24.3 Å². The second kappa shape index (κ2) is 5.93. The highest BCUT2D eigenvalue weighted by Gasteiger charge is 2.16. The van der Waals surface area contributed by atoms with Crippen molar-refractivity contribution in [1.82, 2.24) is 5.32 Å². The zero-order valence-corrected chi connectivity index (χ0v) is 11.3. The first-order chi connectivity index (χ1) is 11.0. The number of rotatable bonds is 4. The molecular weight excluding hydrogens is 244 g/mol. The summed E-state index contributed by atoms with van der Waals surface area (Å²) in [6.07, 6.45) is 5.02. The molecule has 1 N–H and O–H groups in total. The van der Waals surface area contributed by atoms with Gasteiger partial charge < -0.3 is 10.2 Å². The van der Waals surface area contributed by atoms with Gasteiger partial charge >= 0.3 is 0 Å². The van der Waals surface area contributed by atoms with E-state index in [-0.39, 0.29) is 0 Å². The number of hydrogen-bond acceptors (Lipinski definition) is 2. The molecule has 1 heterocycles. The molecular formula is C18H20N2. The van der Waals surface area contributed by atoms with E-state index in [0.717, 1.165) is 24.3 Å². The van der Waals surface area contributed by atoms with E-state index in [1.54, 1.807) is 0 Å². The van der Waals surface area contributed by atoms with Gasteiger partial charge in [-0.3, -0.25) is 0 Å². The Balaban J connectivity index is 1.84. The highest BCUT2D eigenvalue weighted by molar-refractivity contribution is 5.88. The van der Waals surface area contributed by atoms with Crippen molar-refractivity contribution < 1.29 is 4.11 Å². The van der Waals surface area contributed by atoms with E-state index in [9.17, 15) is 0 Å². The van der Waals surface area contributed by atoms with E-state index in [4.69, 9.17) is 4.11 Å². The number of para-hydroxylation sites is 2. The van der Waals surface area contributed by atoms with Crippen LogP contribution in [-0.2, 0) is 0 Å². The first-order valence-electron chi connectivity index (χ1n) is 8.43. The fourth-order valence-electron chi connectivity index (χ4n) is 2.62. The summed E-state index contributed by atoms with van der Waals surface area (Å²) in [6, 6.07) is 16.6. The summed E-state index contributed by atoms with van der Waals surface area (Å²) in [7, 11) is 0. The molecule has 2 heteroatoms. The minimum absolute atomic E-state index is 0.463. The van der Waals surface area contributed by atoms with Crippen molar-refractivity contribution in [3.8, 4) is 0 Å². The van der Waals surface area contributed by atoms with Crippen LogP contribution in [0.5, 0.6) is 0 Å². The van der Waals surface area contributed by atoms with Gasteiger partial charge in [0, 0.05) is 22.0 Å². The molecule has 0 spiro atoms. The van der Waals surface area contributed by atoms with Gasteiger partial charge in [0.25, 0.3) is 0 Å². The molecule has 1 aliphatic rings. The maximum absolute atomic E-state index is 7.22. The van der Waals surface area contributed by atoms with Crippen LogP contribution >= 0.6 is 0 Å². The lowest BCUT2D eigenvalue weighted by molar-refractivity contribution is 0.723. The maximum atomic E-state index is 7.22. The minimum Gasteiger partial charge on any atom is -0.340 e. The first kappa shape index (κ1) is 9.78. The molecule has 3 rings (SSSR count). The summed E-state index contributed by atoms with van der Waals surface area (Å²) in [5, 5.41) is 2.58. The van der Waals surface area contributed by atoms with Gasteiger partial charge in [-0.25, -0.2) is 0 Å². The van der Waals surface area contributed by atoms with Crippen LogP contribution in [0.4, 0.5) is 11.4 Å². The minimum atomic E-state index is -2.07. The number of fused-ring (bicyclic) bond motifs is 2. The molecule has 1 aliphatic heterocycles. The zero-order valence-electron chi connectivity index (χ0n) is 14.3. The van der Waals surface area contributed by atoms with Crippen molar-refractivity contribution in [3.63, 3.8) is 0 Å². The predicted molar refractivity (Wildman–Crippen MR) is 87.4 cm³/mol. The van der Waals surface area contributed by atoms with E-state index < -0.39 is 6.98 Å². The Morgan fingerprint density at radius 3 is 2.15 bits per heavy atom. The Labute approximate surface area is 125 Å². The van der Waals surface area contributed by atoms with E-state index in [0.29, 0.717) is 6.54 Å². The molecule has 0 saturated heterocycles. The molecule has 0 fully saturated rings. The molecule has 0 aromatic heterocycles. The van der Waals surface area contributed by atoms with Crippen molar-refractivity contribution in [2.24, 2.45) is 0 Å². The van der Waals surface area contributed by atoms with Gasteiger partial charge in [0.2, 0.25) is 0 Å². The number of nitrogens with zero attached hydrogens (tertiary/aromatic N) is 1. The maximum Gasteiger partial charge on any atom is 0.0484 e. The monoisotopic (exact) mass is 267 g/mol. The van der Waals surface area contributed by atoms with Gasteiger partial charge in [0.1, 0.15) is 0 Å². The smallest absolute Gasteiger partial charge is 0.0484 e. The van der Waals surface area contributed by atoms with Crippen molar-refractivity contribution >= 4 is 23.5 Å². The average Bonchev–Trinajstić information content (AvgIpc) is 2.68. The molecule has 102 valence electrons. The van der Waals surface area contributed by atoms with Gasteiger partial charge in [0.05, 0.1) is 0 Å². The first-order valence-corrected chi connectivity index (χ1v) is 6.93. The molecule has 2 nitrogen and oxygen atoms in total. The van der Waals surface area contributed by atoms with Crippen LogP contribution in [0.25, 0.3) is 12.2 Å². The number of hydrogen-bond donors (Lipinski definition) is 1. The standard InChI is InChI=1S/C18H20N2/c1-19-13-6-14-20-17-9-4-2-7-15(17)11-12-16-8-3-5-10-18(16)20/h2-5,7-12,19H,6,13-14H2,1H3/i1D3. The third kappa shape index (κ3) is 2.47. The van der Waals surface area contributed by atoms with E-state index in [2.05, 4.69) is 46.6 Å². The van der Waals surface area contributed by atoms with Gasteiger partial charge in [-0.2, -0.15) is 0 Å². The Hall–Kier alpha value is -2.06. The van der Waals surface area contributed by atoms with Crippen LogP contribution < -0.4 is 10.2 Å². The fourth-order valence-corrected chi connectivity index (χ4v) is 2.62. The Bertz CT molecular complexity index is 658. The van der Waals surface area contributed by atoms with Crippen molar-refractivity contribution in [2.45, 2.75) is 6.42 Å². The molecule has 0 amide bonds. The summed E-state index contributed by atoms with van der Waals surface area (Å²) in [4.78, 5) is 2.27. The number of benzene rings is 2. The highest BCUT2D eigenvalue weighted by Crippen LogP contribution is 2.35. The van der Waals surface area contributed by atoms with Crippen molar-refractivity contribution in [2.75, 3.05) is 25.0 Å². The Morgan fingerprint density at radius 1 is 0.950 bits per heavy atom. The second-order valence-corrected chi connectivity index (χ2v) is 4.88. The molecule has 0 unspecified atom stereocenters. The Morgan fingerprint density at radius 2 is 1.55 bits per heavy atom. The van der Waals surface area contributed by atoms with E-state index in [1.165, 1.54) is 11.1 Å². The molecule has 0 aliphatic carbocycles. The van der Waals surface area contributed by atoms with Gasteiger partial charge in [0.15, 0.2) is 0 Å². The summed E-state index contributed by atoms with van der Waals surface area (Å²) in [5.41, 5.74) is 4.66. The second-order valence-electron chi connectivity index (χ2n) is 4.88. The van der Waals surface area contributed by atoms with Crippen LogP contribution in [0.15, 0.2) is 48.5 Å². The largest absolute Gasteiger partial charge is 0.340 e. The fraction of sp³-hybridized carbons (Fsp3) is 0.222. The summed E-state index contributed by atoms with van der Waals surface area (Å²) in [6.45, 7) is -0.848. The van der Waals surface area contributed by atoms with Crippen LogP contribution in [0.1, 0.15) is 21.7 Å². The molecule has 0 radical (unpaired) electrons. The van der Waals surface area contributed by atoms with Crippen molar-refractivity contribution in [1.29, 1.82) is 0 Å². The van der Waals surface area contributed by atoms with Crippen LogP contribution in [0, 0.1) is 0 Å². The molecule has 20 heavy (non-hydrogen) atoms. The zero-order chi connectivity index (χ0) is 16.3. The third-order valence-corrected chi connectivity index (χ3v) is 3.58. The normalized spacial score (nSPS) is 15.6. The lowest BCUT2D eigenvalue weighted by Gasteiger charge is -2.27. The van der Waals surface area contributed by atoms with Crippen LogP contribution in [-0.4, -0.2) is 20.1 Å². The summed E-state index contributed by atoms with van der Waals surface area (Å²) < 4.78 is 21.7. The van der Waals surface area contributed by atoms with Gasteiger partial charge in [-0.1, -0.05) is 48.6 Å². The number of nitrogens with one attached hydrogen (secondary N) is 1. The predicted octanol–water partition coefficient (Wildman–Crippen LogP) is 3.92. The molecule has 2 aromatic carbocycles. The SMILES string of the molecule is [2H]C([2H])([2H])NCCCN1c2ccccc2C=Cc2ccccc21. The van der Waals surface area contributed by atoms with Crippen molar-refractivity contribution in [3.05, 3.63) is 59.7 Å². The van der Waals surface area contributed by atoms with Crippen LogP contribution in [0.3, 0.4) is 0 Å². The van der Waals surface area contributed by atoms with Crippen LogP contribution in [0.2, 0.25) is 0 Å². The molecule has 0 atom stereocenters. The molecule has 0 bridgehead atoms. The lowest BCUT2D eigenvalue weighted by Crippen LogP contribution is -2.22. The summed E-state index contributed by atoms with van der Waals surface area (Å²) >= 11 is 0. The number of anilines is 2. The third-order valence-electron chi connectivity index (χ3n) is 3.58. The molecule has 2 aromatic rings. The topological polar surface area (TPSA) is 15.3 Å². The van der Waals surface area contributed by atoms with E-state index >= 15 is 0 Å². The highest BCUT2D eigenvalue weighted by atomic mass is 15.1. The summed E-state index contributed by atoms with van der Waals surface area (Å²) in [5.74, 6) is 0. The Kier molecular flexibility index (Phi) is 2.90. The lowest BCUT2D eigenvalue weighted by atomic mass is 10.1. The van der Waals surface area contributed by atoms with Gasteiger partial charge in [-0.15, -0.1) is 0 Å². The van der Waals surface area contributed by atoms with Gasteiger partial charge in [-0.05, 0) is 43.2 Å². The average molecular weight is 267 g/mol. The quantitative estimate of drug-likeness (QED) is 0.845.